The number of aliphatic hydroxyl groups is 1. The van der Waals surface area contributed by atoms with Gasteiger partial charge in [-0.05, 0) is 13.3 Å². The minimum Gasteiger partial charge on any atom is -0.396 e. The molecule has 0 fully saturated rings. The van der Waals surface area contributed by atoms with Crippen LogP contribution in [0, 0.1) is 6.92 Å². The van der Waals surface area contributed by atoms with Crippen LogP contribution < -0.4 is 11.2 Å². The fourth-order valence-electron chi connectivity index (χ4n) is 2.94. The number of fused-ring (bicyclic) bond motifs is 3. The van der Waals surface area contributed by atoms with Crippen molar-refractivity contribution in [2.45, 2.75) is 26.4 Å². The second kappa shape index (κ2) is 6.25. The molecule has 3 aromatic rings. The van der Waals surface area contributed by atoms with E-state index < -0.39 is 11.2 Å². The van der Waals surface area contributed by atoms with E-state index >= 15 is 0 Å². The van der Waals surface area contributed by atoms with Gasteiger partial charge in [-0.1, -0.05) is 0 Å². The lowest BCUT2D eigenvalue weighted by Crippen LogP contribution is -2.39. The summed E-state index contributed by atoms with van der Waals surface area (Å²) in [7, 11) is 3.22. The molecule has 0 aliphatic heterocycles. The number of ether oxygens (including phenoxy) is 1. The number of imidazole rings is 2. The van der Waals surface area contributed by atoms with Crippen molar-refractivity contribution in [3.05, 3.63) is 32.7 Å². The van der Waals surface area contributed by atoms with Crippen LogP contribution in [0.1, 0.15) is 12.1 Å². The molecule has 0 saturated heterocycles. The summed E-state index contributed by atoms with van der Waals surface area (Å²) < 4.78 is 11.3. The Bertz CT molecular complexity index is 1010. The fourth-order valence-corrected chi connectivity index (χ4v) is 2.94. The zero-order valence-corrected chi connectivity index (χ0v) is 14.0. The van der Waals surface area contributed by atoms with Gasteiger partial charge < -0.3 is 14.4 Å². The number of aryl methyl sites for hydroxylation is 2. The largest absolute Gasteiger partial charge is 0.396 e. The van der Waals surface area contributed by atoms with Gasteiger partial charge in [-0.3, -0.25) is 18.3 Å². The van der Waals surface area contributed by atoms with Gasteiger partial charge in [0.2, 0.25) is 5.78 Å². The maximum atomic E-state index is 12.8. The summed E-state index contributed by atoms with van der Waals surface area (Å²) in [5, 5.41) is 8.99. The molecule has 3 rings (SSSR count). The molecule has 9 nitrogen and oxygen atoms in total. The van der Waals surface area contributed by atoms with E-state index in [-0.39, 0.29) is 13.2 Å². The Hall–Kier alpha value is -2.39. The Morgan fingerprint density at radius 1 is 1.25 bits per heavy atom. The predicted octanol–water partition coefficient (Wildman–Crippen LogP) is -0.513. The Morgan fingerprint density at radius 2 is 2.00 bits per heavy atom. The first-order valence-corrected chi connectivity index (χ1v) is 7.78. The Balaban J connectivity index is 2.33. The number of methoxy groups -OCH3 is 1. The van der Waals surface area contributed by atoms with Crippen molar-refractivity contribution in [3.63, 3.8) is 0 Å². The van der Waals surface area contributed by atoms with Gasteiger partial charge in [-0.15, -0.1) is 0 Å². The number of aromatic nitrogens is 5. The average Bonchev–Trinajstić information content (AvgIpc) is 3.06. The van der Waals surface area contributed by atoms with E-state index in [2.05, 4.69) is 4.98 Å². The third kappa shape index (κ3) is 2.36. The van der Waals surface area contributed by atoms with Gasteiger partial charge >= 0.3 is 5.69 Å². The van der Waals surface area contributed by atoms with Crippen molar-refractivity contribution in [1.29, 1.82) is 0 Å². The van der Waals surface area contributed by atoms with Crippen molar-refractivity contribution in [3.8, 4) is 0 Å². The summed E-state index contributed by atoms with van der Waals surface area (Å²) in [5.41, 5.74) is 0.849. The Labute approximate surface area is 137 Å². The topological polar surface area (TPSA) is 95.7 Å². The summed E-state index contributed by atoms with van der Waals surface area (Å²) in [6.07, 6.45) is 2.18. The Kier molecular flexibility index (Phi) is 4.29. The Morgan fingerprint density at radius 3 is 2.67 bits per heavy atom. The van der Waals surface area contributed by atoms with Crippen LogP contribution in [0.4, 0.5) is 0 Å². The molecule has 0 saturated carbocycles. The zero-order valence-electron chi connectivity index (χ0n) is 14.0. The van der Waals surface area contributed by atoms with Gasteiger partial charge in [0, 0.05) is 45.7 Å². The SMILES string of the molecule is COCCn1c(C)cn2c3c(=O)n(CCCO)c(=O)n(C)c3nc12. The second-order valence-corrected chi connectivity index (χ2v) is 5.74. The quantitative estimate of drug-likeness (QED) is 0.654. The summed E-state index contributed by atoms with van der Waals surface area (Å²) >= 11 is 0. The predicted molar refractivity (Wildman–Crippen MR) is 88.5 cm³/mol. The molecule has 0 aromatic carbocycles. The van der Waals surface area contributed by atoms with Crippen molar-refractivity contribution < 1.29 is 9.84 Å². The molecule has 0 amide bonds. The van der Waals surface area contributed by atoms with E-state index in [1.165, 1.54) is 4.57 Å². The third-order valence-corrected chi connectivity index (χ3v) is 4.20. The van der Waals surface area contributed by atoms with Crippen LogP contribution in [0.15, 0.2) is 15.8 Å². The number of nitrogens with zero attached hydrogens (tertiary/aromatic N) is 5. The van der Waals surface area contributed by atoms with Gasteiger partial charge in [0.25, 0.3) is 5.56 Å². The highest BCUT2D eigenvalue weighted by atomic mass is 16.5. The van der Waals surface area contributed by atoms with Gasteiger partial charge in [0.1, 0.15) is 0 Å². The lowest BCUT2D eigenvalue weighted by Gasteiger charge is -2.07. The first kappa shape index (κ1) is 16.5. The first-order valence-electron chi connectivity index (χ1n) is 7.78. The molecular formula is C15H21N5O4. The van der Waals surface area contributed by atoms with Crippen LogP contribution in [0.25, 0.3) is 16.9 Å². The standard InChI is InChI=1S/C15H21N5O4/c1-10-9-20-11-12(16-14(20)18(10)6-8-24-3)17(2)15(23)19(13(11)22)5-4-7-21/h9,21H,4-8H2,1-3H3. The summed E-state index contributed by atoms with van der Waals surface area (Å²) in [4.78, 5) is 29.7. The monoisotopic (exact) mass is 335 g/mol. The number of hydrogen-bond donors (Lipinski definition) is 1. The minimum absolute atomic E-state index is 0.0814. The van der Waals surface area contributed by atoms with Crippen LogP contribution in [0.2, 0.25) is 0 Å². The van der Waals surface area contributed by atoms with Crippen LogP contribution in [-0.4, -0.2) is 48.5 Å². The summed E-state index contributed by atoms with van der Waals surface area (Å²) in [6, 6.07) is 0. The molecule has 0 aliphatic carbocycles. The molecular weight excluding hydrogens is 314 g/mol. The van der Waals surface area contributed by atoms with Crippen LogP contribution in [0.3, 0.4) is 0 Å². The van der Waals surface area contributed by atoms with Crippen molar-refractivity contribution in [2.24, 2.45) is 7.05 Å². The van der Waals surface area contributed by atoms with E-state index in [1.807, 2.05) is 17.7 Å². The lowest BCUT2D eigenvalue weighted by molar-refractivity contribution is 0.187. The molecule has 130 valence electrons. The maximum absolute atomic E-state index is 12.8. The molecule has 0 spiro atoms. The molecule has 0 bridgehead atoms. The van der Waals surface area contributed by atoms with E-state index in [0.29, 0.717) is 36.5 Å². The molecule has 1 N–H and O–H groups in total. The highest BCUT2D eigenvalue weighted by Crippen LogP contribution is 2.16. The van der Waals surface area contributed by atoms with Gasteiger partial charge in [0.15, 0.2) is 11.2 Å². The molecule has 0 aliphatic rings. The minimum atomic E-state index is -0.429. The highest BCUT2D eigenvalue weighted by Gasteiger charge is 2.19. The third-order valence-electron chi connectivity index (χ3n) is 4.20. The van der Waals surface area contributed by atoms with Crippen LogP contribution >= 0.6 is 0 Å². The van der Waals surface area contributed by atoms with Crippen molar-refractivity contribution in [1.82, 2.24) is 23.1 Å². The summed E-state index contributed by atoms with van der Waals surface area (Å²) in [5.74, 6) is 0.603. The average molecular weight is 335 g/mol. The number of aliphatic hydroxyl groups excluding tert-OH is 1. The van der Waals surface area contributed by atoms with E-state index in [9.17, 15) is 9.59 Å². The molecule has 9 heteroatoms. The highest BCUT2D eigenvalue weighted by molar-refractivity contribution is 5.75. The van der Waals surface area contributed by atoms with Gasteiger partial charge in [-0.2, -0.15) is 4.98 Å². The number of hydrogen-bond acceptors (Lipinski definition) is 5. The molecule has 0 unspecified atom stereocenters. The number of rotatable bonds is 6. The smallest absolute Gasteiger partial charge is 0.332 e. The van der Waals surface area contributed by atoms with Gasteiger partial charge in [-0.25, -0.2) is 4.79 Å². The normalized spacial score (nSPS) is 11.8. The zero-order chi connectivity index (χ0) is 17.4. The molecule has 3 heterocycles. The van der Waals surface area contributed by atoms with Crippen LogP contribution in [0.5, 0.6) is 0 Å². The first-order chi connectivity index (χ1) is 11.5. The van der Waals surface area contributed by atoms with Crippen molar-refractivity contribution in [2.75, 3.05) is 20.3 Å². The van der Waals surface area contributed by atoms with E-state index in [1.54, 1.807) is 18.6 Å². The van der Waals surface area contributed by atoms with Crippen LogP contribution in [-0.2, 0) is 24.9 Å². The molecule has 0 atom stereocenters. The fraction of sp³-hybridized carbons (Fsp3) is 0.533. The molecule has 3 aromatic heterocycles. The van der Waals surface area contributed by atoms with Crippen molar-refractivity contribution >= 4 is 16.9 Å². The molecule has 0 radical (unpaired) electrons. The second-order valence-electron chi connectivity index (χ2n) is 5.74. The lowest BCUT2D eigenvalue weighted by atomic mass is 10.4. The van der Waals surface area contributed by atoms with E-state index in [0.717, 1.165) is 10.3 Å². The summed E-state index contributed by atoms with van der Waals surface area (Å²) in [6.45, 7) is 3.15. The van der Waals surface area contributed by atoms with E-state index in [4.69, 9.17) is 9.84 Å². The maximum Gasteiger partial charge on any atom is 0.332 e. The molecule has 24 heavy (non-hydrogen) atoms. The van der Waals surface area contributed by atoms with Gasteiger partial charge in [0.05, 0.1) is 6.61 Å².